The third-order valence-corrected chi connectivity index (χ3v) is 1.46. The first-order valence-electron chi connectivity index (χ1n) is 3.44. The van der Waals surface area contributed by atoms with E-state index in [0.29, 0.717) is 0 Å². The Bertz CT molecular complexity index is 207. The van der Waals surface area contributed by atoms with Crippen molar-refractivity contribution in [2.24, 2.45) is 5.73 Å². The van der Waals surface area contributed by atoms with E-state index in [1.165, 1.54) is 5.57 Å². The molecule has 0 aliphatic heterocycles. The van der Waals surface area contributed by atoms with Crippen molar-refractivity contribution in [3.05, 3.63) is 36.0 Å². The minimum atomic E-state index is -0.270. The highest BCUT2D eigenvalue weighted by molar-refractivity contribution is 5.32. The van der Waals surface area contributed by atoms with E-state index in [2.05, 4.69) is 13.0 Å². The van der Waals surface area contributed by atoms with Gasteiger partial charge in [0.25, 0.3) is 0 Å². The zero-order valence-corrected chi connectivity index (χ0v) is 6.46. The maximum atomic E-state index is 5.86. The fraction of sp³-hybridized carbons (Fsp3) is 0.333. The Balaban J connectivity index is 2.93. The summed E-state index contributed by atoms with van der Waals surface area (Å²) >= 11 is 0. The van der Waals surface area contributed by atoms with E-state index in [1.807, 2.05) is 31.2 Å². The Morgan fingerprint density at radius 3 is 2.80 bits per heavy atom. The normalized spacial score (nSPS) is 31.7. The summed E-state index contributed by atoms with van der Waals surface area (Å²) in [6.45, 7) is 4.04. The molecule has 1 heteroatoms. The molecule has 0 saturated carbocycles. The van der Waals surface area contributed by atoms with E-state index in [-0.39, 0.29) is 5.54 Å². The summed E-state index contributed by atoms with van der Waals surface area (Å²) in [6.07, 6.45) is 10.1. The fourth-order valence-electron chi connectivity index (χ4n) is 1.06. The van der Waals surface area contributed by atoms with Crippen LogP contribution >= 0.6 is 0 Å². The van der Waals surface area contributed by atoms with Gasteiger partial charge in [0.05, 0.1) is 5.54 Å². The number of nitrogens with two attached hydrogens (primary N) is 1. The lowest BCUT2D eigenvalue weighted by atomic mass is 10.0. The van der Waals surface area contributed by atoms with Gasteiger partial charge in [0.15, 0.2) is 0 Å². The first kappa shape index (κ1) is 7.29. The average molecular weight is 135 g/mol. The van der Waals surface area contributed by atoms with Crippen molar-refractivity contribution in [2.45, 2.75) is 19.4 Å². The molecule has 0 fully saturated rings. The van der Waals surface area contributed by atoms with Gasteiger partial charge in [0.1, 0.15) is 0 Å². The molecule has 2 N–H and O–H groups in total. The summed E-state index contributed by atoms with van der Waals surface area (Å²) in [5.41, 5.74) is 6.81. The van der Waals surface area contributed by atoms with Crippen molar-refractivity contribution < 1.29 is 0 Å². The average Bonchev–Trinajstić information content (AvgIpc) is 1.90. The second kappa shape index (κ2) is 2.43. The second-order valence-corrected chi connectivity index (χ2v) is 2.97. The van der Waals surface area contributed by atoms with Gasteiger partial charge >= 0.3 is 0 Å². The van der Waals surface area contributed by atoms with Gasteiger partial charge in [-0.05, 0) is 13.8 Å². The minimum absolute atomic E-state index is 0.270. The number of hydrogen-bond acceptors (Lipinski definition) is 1. The summed E-state index contributed by atoms with van der Waals surface area (Å²) in [6, 6.07) is 0. The van der Waals surface area contributed by atoms with Crippen molar-refractivity contribution in [1.29, 1.82) is 0 Å². The van der Waals surface area contributed by atoms with Crippen LogP contribution in [0.2, 0.25) is 0 Å². The summed E-state index contributed by atoms with van der Waals surface area (Å²) in [4.78, 5) is 0. The van der Waals surface area contributed by atoms with Crippen molar-refractivity contribution in [1.82, 2.24) is 0 Å². The number of rotatable bonds is 0. The Morgan fingerprint density at radius 1 is 1.40 bits per heavy atom. The fourth-order valence-corrected chi connectivity index (χ4v) is 1.06. The van der Waals surface area contributed by atoms with Crippen LogP contribution in [0.15, 0.2) is 36.0 Å². The number of hydrogen-bond donors (Lipinski definition) is 1. The molecule has 1 unspecified atom stereocenters. The van der Waals surface area contributed by atoms with Gasteiger partial charge in [0.2, 0.25) is 0 Å². The largest absolute Gasteiger partial charge is 0.319 e. The lowest BCUT2D eigenvalue weighted by Crippen LogP contribution is -2.30. The molecule has 0 radical (unpaired) electrons. The molecule has 0 aromatic rings. The molecule has 0 heterocycles. The first-order chi connectivity index (χ1) is 4.60. The van der Waals surface area contributed by atoms with E-state index in [9.17, 15) is 0 Å². The maximum absolute atomic E-state index is 5.86. The Hall–Kier alpha value is -0.820. The summed E-state index contributed by atoms with van der Waals surface area (Å²) in [5.74, 6) is 0. The van der Waals surface area contributed by atoms with Crippen LogP contribution in [-0.4, -0.2) is 5.54 Å². The van der Waals surface area contributed by atoms with Crippen molar-refractivity contribution >= 4 is 0 Å². The molecular formula is C9H13N. The third kappa shape index (κ3) is 1.85. The third-order valence-electron chi connectivity index (χ3n) is 1.46. The summed E-state index contributed by atoms with van der Waals surface area (Å²) < 4.78 is 0. The molecule has 1 aliphatic rings. The highest BCUT2D eigenvalue weighted by Crippen LogP contribution is 2.11. The van der Waals surface area contributed by atoms with Gasteiger partial charge in [-0.1, -0.05) is 36.0 Å². The van der Waals surface area contributed by atoms with Gasteiger partial charge in [0, 0.05) is 0 Å². The molecule has 1 atom stereocenters. The molecule has 0 bridgehead atoms. The molecule has 0 saturated heterocycles. The van der Waals surface area contributed by atoms with Crippen molar-refractivity contribution in [2.75, 3.05) is 0 Å². The Labute approximate surface area is 61.9 Å². The summed E-state index contributed by atoms with van der Waals surface area (Å²) in [5, 5.41) is 0. The van der Waals surface area contributed by atoms with Crippen LogP contribution < -0.4 is 5.73 Å². The molecule has 0 amide bonds. The van der Waals surface area contributed by atoms with Gasteiger partial charge in [-0.3, -0.25) is 0 Å². The van der Waals surface area contributed by atoms with Gasteiger partial charge < -0.3 is 5.73 Å². The van der Waals surface area contributed by atoms with E-state index < -0.39 is 0 Å². The molecule has 54 valence electrons. The van der Waals surface area contributed by atoms with Crippen LogP contribution in [0, 0.1) is 0 Å². The smallest absolute Gasteiger partial charge is 0.0504 e. The SMILES string of the molecule is CC1=CC(C)(N)C=CC=C1. The highest BCUT2D eigenvalue weighted by Gasteiger charge is 2.10. The van der Waals surface area contributed by atoms with Gasteiger partial charge in [-0.2, -0.15) is 0 Å². The molecule has 0 aromatic heterocycles. The Morgan fingerprint density at radius 2 is 2.10 bits per heavy atom. The van der Waals surface area contributed by atoms with E-state index >= 15 is 0 Å². The molecule has 0 spiro atoms. The van der Waals surface area contributed by atoms with Crippen LogP contribution in [0.3, 0.4) is 0 Å². The quantitative estimate of drug-likeness (QED) is 0.538. The standard InChI is InChI=1S/C9H13N/c1-8-5-3-4-6-9(2,10)7-8/h3-7H,10H2,1-2H3. The van der Waals surface area contributed by atoms with Crippen LogP contribution in [0.4, 0.5) is 0 Å². The second-order valence-electron chi connectivity index (χ2n) is 2.97. The molecule has 1 aliphatic carbocycles. The van der Waals surface area contributed by atoms with Crippen LogP contribution in [0.5, 0.6) is 0 Å². The molecule has 1 rings (SSSR count). The van der Waals surface area contributed by atoms with E-state index in [1.54, 1.807) is 0 Å². The first-order valence-corrected chi connectivity index (χ1v) is 3.44. The highest BCUT2D eigenvalue weighted by atomic mass is 14.7. The molecule has 1 nitrogen and oxygen atoms in total. The van der Waals surface area contributed by atoms with Gasteiger partial charge in [-0.15, -0.1) is 0 Å². The maximum Gasteiger partial charge on any atom is 0.0504 e. The van der Waals surface area contributed by atoms with E-state index in [4.69, 9.17) is 5.73 Å². The van der Waals surface area contributed by atoms with E-state index in [0.717, 1.165) is 0 Å². The molecular weight excluding hydrogens is 122 g/mol. The van der Waals surface area contributed by atoms with Crippen molar-refractivity contribution in [3.63, 3.8) is 0 Å². The zero-order valence-electron chi connectivity index (χ0n) is 6.46. The zero-order chi connectivity index (χ0) is 7.61. The number of allylic oxidation sites excluding steroid dienone is 4. The van der Waals surface area contributed by atoms with Crippen LogP contribution in [0.25, 0.3) is 0 Å². The van der Waals surface area contributed by atoms with Crippen LogP contribution in [0.1, 0.15) is 13.8 Å². The van der Waals surface area contributed by atoms with Crippen molar-refractivity contribution in [3.8, 4) is 0 Å². The summed E-state index contributed by atoms with van der Waals surface area (Å²) in [7, 11) is 0. The lowest BCUT2D eigenvalue weighted by molar-refractivity contribution is 0.732. The minimum Gasteiger partial charge on any atom is -0.319 e. The monoisotopic (exact) mass is 135 g/mol. The predicted molar refractivity (Wildman–Crippen MR) is 44.6 cm³/mol. The van der Waals surface area contributed by atoms with Gasteiger partial charge in [-0.25, -0.2) is 0 Å². The molecule has 0 aromatic carbocycles. The predicted octanol–water partition coefficient (Wildman–Crippen LogP) is 1.78. The Kier molecular flexibility index (Phi) is 1.77. The lowest BCUT2D eigenvalue weighted by Gasteiger charge is -2.13. The topological polar surface area (TPSA) is 26.0 Å². The van der Waals surface area contributed by atoms with Crippen LogP contribution in [-0.2, 0) is 0 Å². The molecule has 10 heavy (non-hydrogen) atoms.